The number of morpholine rings is 1. The van der Waals surface area contributed by atoms with Gasteiger partial charge in [0.2, 0.25) is 0 Å². The van der Waals surface area contributed by atoms with Crippen molar-refractivity contribution in [3.63, 3.8) is 0 Å². The lowest BCUT2D eigenvalue weighted by molar-refractivity contribution is -0.202. The number of fused-ring (bicyclic) bond motifs is 5. The Labute approximate surface area is 234 Å². The maximum atomic E-state index is 12.4. The average Bonchev–Trinajstić information content (AvgIpc) is 3.24. The highest BCUT2D eigenvalue weighted by atomic mass is 32.2. The molecule has 39 heavy (non-hydrogen) atoms. The van der Waals surface area contributed by atoms with Crippen molar-refractivity contribution in [3.05, 3.63) is 0 Å². The van der Waals surface area contributed by atoms with Crippen molar-refractivity contribution >= 4 is 16.3 Å². The van der Waals surface area contributed by atoms with Crippen molar-refractivity contribution in [1.82, 2.24) is 9.03 Å². The lowest BCUT2D eigenvalue weighted by Crippen LogP contribution is -2.62. The molecule has 0 unspecified atom stereocenters. The lowest BCUT2D eigenvalue weighted by atomic mass is 9.41. The molecular weight excluding hydrogens is 520 g/mol. The third-order valence-corrected chi connectivity index (χ3v) is 13.5. The summed E-state index contributed by atoms with van der Waals surface area (Å²) < 4.78 is 38.4. The molecule has 1 heterocycles. The van der Waals surface area contributed by atoms with E-state index in [1.807, 2.05) is 4.72 Å². The van der Waals surface area contributed by atoms with E-state index in [0.717, 1.165) is 57.8 Å². The van der Waals surface area contributed by atoms with Gasteiger partial charge in [-0.15, -0.1) is 0 Å². The van der Waals surface area contributed by atoms with Gasteiger partial charge in [0.15, 0.2) is 0 Å². The van der Waals surface area contributed by atoms with Gasteiger partial charge in [-0.3, -0.25) is 0 Å². The Kier molecular flexibility index (Phi) is 8.63. The molecule has 1 aliphatic heterocycles. The zero-order valence-corrected chi connectivity index (χ0v) is 24.8. The number of amides is 1. The summed E-state index contributed by atoms with van der Waals surface area (Å²) in [6.07, 6.45) is 8.51. The summed E-state index contributed by atoms with van der Waals surface area (Å²) in [5.41, 5.74) is 0.367. The van der Waals surface area contributed by atoms with Crippen LogP contribution in [0.4, 0.5) is 4.79 Å². The molecule has 1 amide bonds. The second-order valence-corrected chi connectivity index (χ2v) is 15.3. The fourth-order valence-corrected chi connectivity index (χ4v) is 11.0. The zero-order valence-electron chi connectivity index (χ0n) is 24.0. The van der Waals surface area contributed by atoms with Gasteiger partial charge >= 0.3 is 16.3 Å². The van der Waals surface area contributed by atoms with E-state index in [2.05, 4.69) is 20.8 Å². The van der Waals surface area contributed by atoms with Crippen LogP contribution in [-0.4, -0.2) is 74.1 Å². The number of carbonyl (C=O) groups is 1. The minimum absolute atomic E-state index is 0.166. The monoisotopic (exact) mass is 570 g/mol. The van der Waals surface area contributed by atoms with Crippen LogP contribution in [0.1, 0.15) is 85.0 Å². The molecule has 4 saturated carbocycles. The first-order chi connectivity index (χ1) is 18.5. The largest absolute Gasteiger partial charge is 0.449 e. The number of rotatable bonds is 7. The third kappa shape index (κ3) is 5.38. The summed E-state index contributed by atoms with van der Waals surface area (Å²) in [5, 5.41) is 22.3. The number of ether oxygens (including phenoxy) is 2. The Hall–Kier alpha value is -0.940. The van der Waals surface area contributed by atoms with E-state index >= 15 is 0 Å². The summed E-state index contributed by atoms with van der Waals surface area (Å²) in [6, 6.07) is 0. The maximum Gasteiger partial charge on any atom is 0.421 e. The molecule has 4 aliphatic carbocycles. The smallest absolute Gasteiger partial charge is 0.421 e. The lowest BCUT2D eigenvalue weighted by Gasteiger charge is -2.64. The molecule has 0 aromatic heterocycles. The van der Waals surface area contributed by atoms with Gasteiger partial charge in [0.25, 0.3) is 0 Å². The van der Waals surface area contributed by atoms with Crippen LogP contribution in [0.25, 0.3) is 0 Å². The summed E-state index contributed by atoms with van der Waals surface area (Å²) in [4.78, 5) is 12.2. The highest BCUT2D eigenvalue weighted by Gasteiger charge is 2.64. The molecule has 9 nitrogen and oxygen atoms in total. The number of nitrogens with zero attached hydrogens (tertiary/aromatic N) is 1. The van der Waals surface area contributed by atoms with Crippen molar-refractivity contribution in [2.45, 2.75) is 97.2 Å². The summed E-state index contributed by atoms with van der Waals surface area (Å²) in [7, 11) is -3.91. The first kappa shape index (κ1) is 29.5. The second kappa shape index (κ2) is 11.4. The van der Waals surface area contributed by atoms with Crippen molar-refractivity contribution < 1.29 is 32.9 Å². The molecule has 1 saturated heterocycles. The van der Waals surface area contributed by atoms with Gasteiger partial charge in [-0.1, -0.05) is 27.2 Å². The number of hydrogen-bond donors (Lipinski definition) is 3. The van der Waals surface area contributed by atoms with Crippen molar-refractivity contribution in [1.29, 1.82) is 0 Å². The Balaban J connectivity index is 1.17. The van der Waals surface area contributed by atoms with Gasteiger partial charge in [-0.05, 0) is 104 Å². The average molecular weight is 571 g/mol. The summed E-state index contributed by atoms with van der Waals surface area (Å²) in [5.74, 6) is 2.51. The minimum atomic E-state index is -3.91. The van der Waals surface area contributed by atoms with Gasteiger partial charge in [0, 0.05) is 13.1 Å². The van der Waals surface area contributed by atoms with E-state index in [1.165, 1.54) is 4.31 Å². The van der Waals surface area contributed by atoms with Crippen LogP contribution in [0.15, 0.2) is 0 Å². The molecular formula is C29H50N2O7S. The number of aliphatic hydroxyl groups is 2. The fourth-order valence-electron chi connectivity index (χ4n) is 10.0. The quantitative estimate of drug-likeness (QED) is 0.399. The van der Waals surface area contributed by atoms with Crippen LogP contribution in [0, 0.1) is 46.3 Å². The number of nitrogens with one attached hydrogen (secondary N) is 1. The molecule has 0 radical (unpaired) electrons. The standard InChI is InChI=1S/C29H50N2O7S/c1-4-21-24-18-20(32)9-11-29(24,3)23-10-12-28(2)19(7-8-22(28)25(23)26(21)33)6-5-15-38-27(34)30-39(35,36)31-13-16-37-17-14-31/h19-26,32-33H,4-18H2,1-3H3,(H,30,34)/t19-,20+,21+,22-,23-,24-,25-,26+,28+,29+/m0/s1. The molecule has 0 aromatic rings. The van der Waals surface area contributed by atoms with Crippen molar-refractivity contribution in [2.75, 3.05) is 32.9 Å². The molecule has 0 spiro atoms. The number of carbonyl (C=O) groups excluding carboxylic acids is 1. The predicted molar refractivity (Wildman–Crippen MR) is 147 cm³/mol. The van der Waals surface area contributed by atoms with Crippen LogP contribution >= 0.6 is 0 Å². The van der Waals surface area contributed by atoms with E-state index in [0.29, 0.717) is 49.2 Å². The van der Waals surface area contributed by atoms with Crippen LogP contribution in [-0.2, 0) is 19.7 Å². The van der Waals surface area contributed by atoms with Crippen molar-refractivity contribution in [2.24, 2.45) is 46.3 Å². The number of hydrogen-bond acceptors (Lipinski definition) is 7. The van der Waals surface area contributed by atoms with E-state index < -0.39 is 16.3 Å². The molecule has 3 N–H and O–H groups in total. The number of aliphatic hydroxyl groups excluding tert-OH is 2. The molecule has 0 bridgehead atoms. The third-order valence-electron chi connectivity index (χ3n) is 12.0. The molecule has 5 fully saturated rings. The van der Waals surface area contributed by atoms with Crippen LogP contribution in [0.3, 0.4) is 0 Å². The van der Waals surface area contributed by atoms with E-state index in [4.69, 9.17) is 9.47 Å². The first-order valence-electron chi connectivity index (χ1n) is 15.4. The second-order valence-electron chi connectivity index (χ2n) is 13.6. The maximum absolute atomic E-state index is 12.4. The highest BCUT2D eigenvalue weighted by molar-refractivity contribution is 7.87. The predicted octanol–water partition coefficient (Wildman–Crippen LogP) is 3.70. The fraction of sp³-hybridized carbons (Fsp3) is 0.966. The van der Waals surface area contributed by atoms with Crippen LogP contribution in [0.5, 0.6) is 0 Å². The van der Waals surface area contributed by atoms with Crippen LogP contribution in [0.2, 0.25) is 0 Å². The Bertz CT molecular complexity index is 988. The topological polar surface area (TPSA) is 125 Å². The summed E-state index contributed by atoms with van der Waals surface area (Å²) >= 11 is 0. The van der Waals surface area contributed by atoms with Gasteiger partial charge in [0.05, 0.1) is 32.0 Å². The zero-order chi connectivity index (χ0) is 28.0. The SMILES string of the molecule is CC[C@H]1[C@@H](O)[C@@H]2[C@H](CC[C@]3(C)[C@@H](CCCOC(=O)NS(=O)(=O)N4CCOCC4)CC[C@@H]23)[C@@]2(C)CC[C@@H](O)C[C@@H]12. The van der Waals surface area contributed by atoms with Crippen LogP contribution < -0.4 is 4.72 Å². The van der Waals surface area contributed by atoms with E-state index in [1.54, 1.807) is 0 Å². The molecule has 0 aromatic carbocycles. The van der Waals surface area contributed by atoms with E-state index in [-0.39, 0.29) is 48.7 Å². The molecule has 5 rings (SSSR count). The molecule has 10 atom stereocenters. The minimum Gasteiger partial charge on any atom is -0.449 e. The van der Waals surface area contributed by atoms with Gasteiger partial charge in [0.1, 0.15) is 0 Å². The highest BCUT2D eigenvalue weighted by Crippen LogP contribution is 2.69. The molecule has 5 aliphatic rings. The first-order valence-corrected chi connectivity index (χ1v) is 16.8. The normalized spacial score (nSPS) is 44.6. The van der Waals surface area contributed by atoms with E-state index in [9.17, 15) is 23.4 Å². The Morgan fingerprint density at radius 1 is 1.03 bits per heavy atom. The van der Waals surface area contributed by atoms with Gasteiger partial charge < -0.3 is 19.7 Å². The van der Waals surface area contributed by atoms with Crippen molar-refractivity contribution in [3.8, 4) is 0 Å². The van der Waals surface area contributed by atoms with Gasteiger partial charge in [-0.25, -0.2) is 9.52 Å². The van der Waals surface area contributed by atoms with Gasteiger partial charge in [-0.2, -0.15) is 12.7 Å². The Morgan fingerprint density at radius 3 is 2.44 bits per heavy atom. The Morgan fingerprint density at radius 2 is 1.72 bits per heavy atom. The summed E-state index contributed by atoms with van der Waals surface area (Å²) in [6.45, 7) is 8.37. The molecule has 10 heteroatoms. The molecule has 224 valence electrons.